The predicted octanol–water partition coefficient (Wildman–Crippen LogP) is 2.36. The Balaban J connectivity index is 1.27. The molecule has 12 heteroatoms. The molecule has 0 aromatic carbocycles. The Morgan fingerprint density at radius 1 is 1.11 bits per heavy atom. The average molecular weight is 475 g/mol. The lowest BCUT2D eigenvalue weighted by atomic mass is 10.1. The van der Waals surface area contributed by atoms with E-state index in [0.29, 0.717) is 55.2 Å². The summed E-state index contributed by atoms with van der Waals surface area (Å²) in [6.07, 6.45) is 6.36. The number of aromatic nitrogens is 5. The summed E-state index contributed by atoms with van der Waals surface area (Å²) in [6, 6.07) is 4.81. The van der Waals surface area contributed by atoms with Crippen LogP contribution in [-0.4, -0.2) is 73.1 Å². The van der Waals surface area contributed by atoms with Gasteiger partial charge in [-0.15, -0.1) is 0 Å². The molecule has 2 aliphatic rings. The molecule has 0 radical (unpaired) electrons. The second kappa shape index (κ2) is 9.09. The summed E-state index contributed by atoms with van der Waals surface area (Å²) in [4.78, 5) is 29.6. The van der Waals surface area contributed by atoms with E-state index in [0.717, 1.165) is 17.7 Å². The Labute approximate surface area is 201 Å². The second-order valence-corrected chi connectivity index (χ2v) is 8.39. The van der Waals surface area contributed by atoms with Crippen molar-refractivity contribution in [2.75, 3.05) is 31.1 Å². The van der Waals surface area contributed by atoms with Gasteiger partial charge in [0.25, 0.3) is 0 Å². The molecule has 178 valence electrons. The maximum absolute atomic E-state index is 13.7. The third-order valence-electron chi connectivity index (χ3n) is 6.27. The maximum Gasteiger partial charge on any atom is 0.341 e. The van der Waals surface area contributed by atoms with E-state index >= 15 is 0 Å². The van der Waals surface area contributed by atoms with Crippen LogP contribution in [0.5, 0.6) is 0 Å². The number of halogens is 1. The number of hydrogen-bond donors (Lipinski definition) is 0. The normalized spacial score (nSPS) is 17.7. The van der Waals surface area contributed by atoms with Gasteiger partial charge in [-0.1, -0.05) is 0 Å². The molecule has 0 spiro atoms. The molecule has 0 unspecified atom stereocenters. The summed E-state index contributed by atoms with van der Waals surface area (Å²) in [7, 11) is 0. The molecule has 0 aliphatic carbocycles. The van der Waals surface area contributed by atoms with E-state index in [9.17, 15) is 14.4 Å². The highest BCUT2D eigenvalue weighted by atomic mass is 19.1. The fraction of sp³-hybridized carbons (Fsp3) is 0.348. The number of hydrogen-bond acceptors (Lipinski definition) is 8. The summed E-state index contributed by atoms with van der Waals surface area (Å²) in [5.74, 6) is 0.855. The minimum atomic E-state index is -0.441. The van der Waals surface area contributed by atoms with E-state index in [2.05, 4.69) is 36.1 Å². The molecule has 5 rings (SSSR count). The van der Waals surface area contributed by atoms with Crippen LogP contribution < -0.4 is 4.90 Å². The Bertz CT molecular complexity index is 1340. The largest absolute Gasteiger partial charge is 0.353 e. The number of anilines is 1. The number of urea groups is 1. The second-order valence-electron chi connectivity index (χ2n) is 8.39. The maximum atomic E-state index is 13.7. The average Bonchev–Trinajstić information content (AvgIpc) is 3.48. The third-order valence-corrected chi connectivity index (χ3v) is 6.27. The number of carbonyl (C=O) groups excluding carboxylic acids is 1. The number of amides is 2. The van der Waals surface area contributed by atoms with E-state index in [1.807, 2.05) is 13.0 Å². The number of hydrazone groups is 1. The Hall–Kier alpha value is -4.40. The van der Waals surface area contributed by atoms with Gasteiger partial charge in [0.05, 0.1) is 29.2 Å². The first kappa shape index (κ1) is 22.4. The van der Waals surface area contributed by atoms with Crippen molar-refractivity contribution >= 4 is 18.1 Å². The SMILES string of the molecule is Cc1nn(-c2cc(N3CCN(C(=O)N4N=CC[C@H]4c4cncc(F)c4)CC3)ncn2)c(C)c1C#N. The Morgan fingerprint density at radius 2 is 1.89 bits per heavy atom. The number of pyridine rings is 1. The first-order valence-electron chi connectivity index (χ1n) is 11.2. The molecule has 11 nitrogen and oxygen atoms in total. The lowest BCUT2D eigenvalue weighted by molar-refractivity contribution is 0.139. The number of rotatable bonds is 3. The van der Waals surface area contributed by atoms with Gasteiger partial charge in [0.2, 0.25) is 0 Å². The predicted molar refractivity (Wildman–Crippen MR) is 124 cm³/mol. The van der Waals surface area contributed by atoms with Gasteiger partial charge in [0, 0.05) is 51.1 Å². The molecule has 0 saturated carbocycles. The molecule has 2 aliphatic heterocycles. The van der Waals surface area contributed by atoms with Crippen LogP contribution in [0.15, 0.2) is 36.0 Å². The molecule has 0 N–H and O–H groups in total. The summed E-state index contributed by atoms with van der Waals surface area (Å²) in [6.45, 7) is 5.74. The third kappa shape index (κ3) is 4.16. The fourth-order valence-electron chi connectivity index (χ4n) is 4.41. The summed E-state index contributed by atoms with van der Waals surface area (Å²) >= 11 is 0. The smallest absolute Gasteiger partial charge is 0.341 e. The zero-order chi connectivity index (χ0) is 24.5. The van der Waals surface area contributed by atoms with Crippen molar-refractivity contribution in [1.29, 1.82) is 5.26 Å². The number of nitriles is 1. The molecule has 1 saturated heterocycles. The lowest BCUT2D eigenvalue weighted by Crippen LogP contribution is -2.52. The van der Waals surface area contributed by atoms with Gasteiger partial charge in [-0.25, -0.2) is 28.8 Å². The number of aryl methyl sites for hydroxylation is 1. The van der Waals surface area contributed by atoms with Crippen LogP contribution in [0.25, 0.3) is 5.82 Å². The standard InChI is InChI=1S/C23H23FN10O/c1-15-19(11-25)16(2)33(30-15)22-10-21(27-14-28-22)31-5-7-32(8-6-31)23(35)34-20(3-4-29-34)17-9-18(24)13-26-12-17/h4,9-10,12-14,20H,3,5-8H2,1-2H3/t20-/m0/s1. The van der Waals surface area contributed by atoms with Gasteiger partial charge in [-0.2, -0.15) is 15.5 Å². The molecular weight excluding hydrogens is 451 g/mol. The van der Waals surface area contributed by atoms with Gasteiger partial charge in [0.15, 0.2) is 5.82 Å². The minimum Gasteiger partial charge on any atom is -0.353 e. The Morgan fingerprint density at radius 3 is 2.60 bits per heavy atom. The quantitative estimate of drug-likeness (QED) is 0.572. The molecule has 1 atom stereocenters. The van der Waals surface area contributed by atoms with Crippen molar-refractivity contribution in [3.8, 4) is 11.9 Å². The monoisotopic (exact) mass is 474 g/mol. The Kier molecular flexibility index (Phi) is 5.82. The fourth-order valence-corrected chi connectivity index (χ4v) is 4.41. The van der Waals surface area contributed by atoms with E-state index in [1.165, 1.54) is 17.4 Å². The zero-order valence-electron chi connectivity index (χ0n) is 19.3. The highest BCUT2D eigenvalue weighted by Crippen LogP contribution is 2.29. The van der Waals surface area contributed by atoms with Crippen LogP contribution >= 0.6 is 0 Å². The van der Waals surface area contributed by atoms with Crippen LogP contribution in [0, 0.1) is 31.0 Å². The summed E-state index contributed by atoms with van der Waals surface area (Å²) in [5.41, 5.74) is 2.52. The van der Waals surface area contributed by atoms with Crippen LogP contribution in [0.1, 0.15) is 35.0 Å². The first-order chi connectivity index (χ1) is 17.0. The van der Waals surface area contributed by atoms with E-state index in [1.54, 1.807) is 28.9 Å². The van der Waals surface area contributed by atoms with Crippen LogP contribution in [0.4, 0.5) is 15.0 Å². The lowest BCUT2D eigenvalue weighted by Gasteiger charge is -2.37. The van der Waals surface area contributed by atoms with Gasteiger partial charge in [-0.3, -0.25) is 4.98 Å². The minimum absolute atomic E-state index is 0.220. The van der Waals surface area contributed by atoms with Crippen LogP contribution in [0.3, 0.4) is 0 Å². The van der Waals surface area contributed by atoms with E-state index in [4.69, 9.17) is 0 Å². The van der Waals surface area contributed by atoms with Crippen molar-refractivity contribution in [3.05, 3.63) is 59.2 Å². The zero-order valence-corrected chi connectivity index (χ0v) is 19.3. The van der Waals surface area contributed by atoms with Crippen molar-refractivity contribution in [2.24, 2.45) is 5.10 Å². The molecule has 2 amide bonds. The molecule has 1 fully saturated rings. The summed E-state index contributed by atoms with van der Waals surface area (Å²) < 4.78 is 15.3. The van der Waals surface area contributed by atoms with E-state index < -0.39 is 5.82 Å². The highest BCUT2D eigenvalue weighted by Gasteiger charge is 2.33. The van der Waals surface area contributed by atoms with Crippen molar-refractivity contribution in [2.45, 2.75) is 26.3 Å². The van der Waals surface area contributed by atoms with Crippen molar-refractivity contribution < 1.29 is 9.18 Å². The molecule has 5 heterocycles. The first-order valence-corrected chi connectivity index (χ1v) is 11.2. The number of nitrogens with zero attached hydrogens (tertiary/aromatic N) is 10. The molecular formula is C23H23FN10O. The molecule has 3 aromatic rings. The van der Waals surface area contributed by atoms with Gasteiger partial charge >= 0.3 is 6.03 Å². The molecule has 0 bridgehead atoms. The van der Waals surface area contributed by atoms with Crippen molar-refractivity contribution in [3.63, 3.8) is 0 Å². The van der Waals surface area contributed by atoms with Gasteiger partial charge in [0.1, 0.15) is 24.0 Å². The summed E-state index contributed by atoms with van der Waals surface area (Å²) in [5, 5.41) is 19.4. The molecule has 3 aromatic heterocycles. The van der Waals surface area contributed by atoms with Crippen LogP contribution in [-0.2, 0) is 0 Å². The number of piperazine rings is 1. The van der Waals surface area contributed by atoms with E-state index in [-0.39, 0.29) is 12.1 Å². The van der Waals surface area contributed by atoms with Crippen LogP contribution in [0.2, 0.25) is 0 Å². The number of carbonyl (C=O) groups is 1. The van der Waals surface area contributed by atoms with Crippen molar-refractivity contribution in [1.82, 2.24) is 34.6 Å². The van der Waals surface area contributed by atoms with Gasteiger partial charge < -0.3 is 9.80 Å². The van der Waals surface area contributed by atoms with Gasteiger partial charge in [-0.05, 0) is 25.5 Å². The topological polar surface area (TPSA) is 119 Å². The highest BCUT2D eigenvalue weighted by molar-refractivity contribution is 5.78. The molecule has 35 heavy (non-hydrogen) atoms.